The van der Waals surface area contributed by atoms with Crippen LogP contribution < -0.4 is 5.32 Å². The molecule has 134 valence electrons. The number of hydrogen-bond donors (Lipinski definition) is 1. The summed E-state index contributed by atoms with van der Waals surface area (Å²) in [7, 11) is -0.303. The number of hydrogen-bond acceptors (Lipinski definition) is 6. The van der Waals surface area contributed by atoms with Crippen LogP contribution in [0.15, 0.2) is 0 Å². The fraction of sp³-hybridized carbons (Fsp3) is 0.733. The van der Waals surface area contributed by atoms with Gasteiger partial charge in [-0.05, 0) is 25.7 Å². The third kappa shape index (κ3) is 3.79. The van der Waals surface area contributed by atoms with E-state index in [4.69, 9.17) is 4.74 Å². The van der Waals surface area contributed by atoms with Crippen molar-refractivity contribution in [3.05, 3.63) is 15.6 Å². The van der Waals surface area contributed by atoms with E-state index >= 15 is 0 Å². The van der Waals surface area contributed by atoms with Crippen molar-refractivity contribution in [2.75, 3.05) is 33.1 Å². The molecular weight excluding hydrogens is 350 g/mol. The van der Waals surface area contributed by atoms with E-state index in [1.54, 1.807) is 0 Å². The smallest absolute Gasteiger partial charge is 0.280 e. The number of nitrogens with zero attached hydrogens (tertiary/aromatic N) is 2. The van der Waals surface area contributed by atoms with E-state index in [0.717, 1.165) is 31.4 Å². The Labute approximate surface area is 146 Å². The van der Waals surface area contributed by atoms with Crippen LogP contribution in [0.5, 0.6) is 0 Å². The fourth-order valence-electron chi connectivity index (χ4n) is 3.02. The van der Waals surface area contributed by atoms with Gasteiger partial charge in [0.1, 0.15) is 0 Å². The molecule has 1 aliphatic carbocycles. The van der Waals surface area contributed by atoms with Crippen LogP contribution in [-0.2, 0) is 27.6 Å². The Morgan fingerprint density at radius 1 is 1.33 bits per heavy atom. The van der Waals surface area contributed by atoms with Gasteiger partial charge in [0.25, 0.3) is 5.91 Å². The summed E-state index contributed by atoms with van der Waals surface area (Å²) in [4.78, 5) is 18.2. The summed E-state index contributed by atoms with van der Waals surface area (Å²) < 4.78 is 30.7. The van der Waals surface area contributed by atoms with Gasteiger partial charge in [-0.25, -0.2) is 17.7 Å². The van der Waals surface area contributed by atoms with Crippen LogP contribution in [0.2, 0.25) is 0 Å². The van der Waals surface area contributed by atoms with Crippen molar-refractivity contribution in [1.82, 2.24) is 14.6 Å². The maximum Gasteiger partial charge on any atom is 0.280 e. The monoisotopic (exact) mass is 373 g/mol. The number of amides is 1. The Bertz CT molecular complexity index is 691. The molecule has 0 aromatic carbocycles. The van der Waals surface area contributed by atoms with Gasteiger partial charge in [-0.3, -0.25) is 4.79 Å². The van der Waals surface area contributed by atoms with Crippen LogP contribution in [0.25, 0.3) is 0 Å². The predicted octanol–water partition coefficient (Wildman–Crippen LogP) is 0.658. The van der Waals surface area contributed by atoms with Crippen molar-refractivity contribution in [3.8, 4) is 0 Å². The van der Waals surface area contributed by atoms with Crippen LogP contribution in [0.3, 0.4) is 0 Å². The fourth-order valence-corrected chi connectivity index (χ4v) is 5.24. The van der Waals surface area contributed by atoms with Gasteiger partial charge in [0.05, 0.1) is 30.7 Å². The predicted molar refractivity (Wildman–Crippen MR) is 91.8 cm³/mol. The highest BCUT2D eigenvalue weighted by atomic mass is 32.2. The lowest BCUT2D eigenvalue weighted by Crippen LogP contribution is -2.43. The molecule has 0 spiro atoms. The largest absolute Gasteiger partial charge is 0.379 e. The molecule has 0 bridgehead atoms. The van der Waals surface area contributed by atoms with Gasteiger partial charge in [-0.15, -0.1) is 11.3 Å². The molecule has 24 heavy (non-hydrogen) atoms. The number of sulfonamides is 1. The summed E-state index contributed by atoms with van der Waals surface area (Å²) in [5.41, 5.74) is 1.05. The van der Waals surface area contributed by atoms with Gasteiger partial charge >= 0.3 is 0 Å². The molecule has 1 amide bonds. The second-order valence-corrected chi connectivity index (χ2v) is 9.85. The van der Waals surface area contributed by atoms with Crippen LogP contribution in [0, 0.1) is 5.92 Å². The van der Waals surface area contributed by atoms with Crippen molar-refractivity contribution in [3.63, 3.8) is 0 Å². The first-order valence-electron chi connectivity index (χ1n) is 8.14. The summed E-state index contributed by atoms with van der Waals surface area (Å²) in [5, 5.41) is 3.39. The molecule has 2 heterocycles. The maximum atomic E-state index is 12.5. The highest BCUT2D eigenvalue weighted by Crippen LogP contribution is 2.27. The lowest BCUT2D eigenvalue weighted by Gasteiger charge is -2.20. The van der Waals surface area contributed by atoms with Gasteiger partial charge < -0.3 is 10.1 Å². The highest BCUT2D eigenvalue weighted by Gasteiger charge is 2.35. The number of ether oxygens (including phenoxy) is 1. The molecule has 2 atom stereocenters. The Balaban J connectivity index is 1.66. The summed E-state index contributed by atoms with van der Waals surface area (Å²) in [6.07, 6.45) is 4.21. The minimum atomic E-state index is -3.33. The normalized spacial score (nSPS) is 24.1. The number of rotatable bonds is 5. The lowest BCUT2D eigenvalue weighted by atomic mass is 10.0. The summed E-state index contributed by atoms with van der Waals surface area (Å²) in [5.74, 6) is -0.493. The molecule has 2 unspecified atom stereocenters. The molecule has 2 aliphatic rings. The number of fused-ring (bicyclic) bond motifs is 1. The second kappa shape index (κ2) is 7.07. The molecular formula is C15H23N3O4S2. The summed E-state index contributed by atoms with van der Waals surface area (Å²) in [6.45, 7) is 0.677. The minimum Gasteiger partial charge on any atom is -0.379 e. The van der Waals surface area contributed by atoms with Gasteiger partial charge in [0.2, 0.25) is 10.0 Å². The van der Waals surface area contributed by atoms with E-state index < -0.39 is 10.0 Å². The molecule has 1 aromatic rings. The minimum absolute atomic E-state index is 0.0285. The number of thiazole rings is 1. The molecule has 9 heteroatoms. The van der Waals surface area contributed by atoms with Crippen molar-refractivity contribution in [2.24, 2.45) is 5.92 Å². The Kier molecular flexibility index (Phi) is 5.24. The van der Waals surface area contributed by atoms with Crippen LogP contribution in [0.1, 0.15) is 33.2 Å². The van der Waals surface area contributed by atoms with Gasteiger partial charge in [0.15, 0.2) is 5.01 Å². The van der Waals surface area contributed by atoms with Crippen molar-refractivity contribution in [2.45, 2.75) is 31.7 Å². The molecule has 7 nitrogen and oxygen atoms in total. The third-order valence-corrected chi connectivity index (χ3v) is 7.65. The maximum absolute atomic E-state index is 12.5. The van der Waals surface area contributed by atoms with Crippen molar-refractivity contribution < 1.29 is 17.9 Å². The average Bonchev–Trinajstić information content (AvgIpc) is 3.13. The Hall–Kier alpha value is -1.03. The molecule has 0 saturated carbocycles. The summed E-state index contributed by atoms with van der Waals surface area (Å²) >= 11 is 1.46. The van der Waals surface area contributed by atoms with E-state index in [2.05, 4.69) is 10.3 Å². The highest BCUT2D eigenvalue weighted by molar-refractivity contribution is 7.89. The first kappa shape index (κ1) is 17.8. The van der Waals surface area contributed by atoms with Gasteiger partial charge in [-0.1, -0.05) is 0 Å². The van der Waals surface area contributed by atoms with E-state index in [-0.39, 0.29) is 23.6 Å². The molecule has 3 rings (SSSR count). The van der Waals surface area contributed by atoms with Gasteiger partial charge in [-0.2, -0.15) is 0 Å². The molecule has 1 fully saturated rings. The Morgan fingerprint density at radius 2 is 2.08 bits per heavy atom. The SMILES string of the molecule is CN(C)S(=O)(=O)CC1COCC1NC(=O)c1nc2c(s1)CCCC2. The quantitative estimate of drug-likeness (QED) is 0.819. The third-order valence-electron chi connectivity index (χ3n) is 4.54. The van der Waals surface area contributed by atoms with E-state index in [1.165, 1.54) is 34.6 Å². The molecule has 0 radical (unpaired) electrons. The van der Waals surface area contributed by atoms with Crippen LogP contribution in [-0.4, -0.2) is 62.7 Å². The number of aryl methyl sites for hydroxylation is 2. The van der Waals surface area contributed by atoms with Gasteiger partial charge in [0, 0.05) is 24.9 Å². The van der Waals surface area contributed by atoms with E-state index in [9.17, 15) is 13.2 Å². The zero-order chi connectivity index (χ0) is 17.3. The number of nitrogens with one attached hydrogen (secondary N) is 1. The second-order valence-electron chi connectivity index (χ2n) is 6.53. The molecule has 1 aliphatic heterocycles. The van der Waals surface area contributed by atoms with Crippen LogP contribution in [0.4, 0.5) is 0 Å². The number of carbonyl (C=O) groups is 1. The van der Waals surface area contributed by atoms with Crippen molar-refractivity contribution in [1.29, 1.82) is 0 Å². The molecule has 1 aromatic heterocycles. The van der Waals surface area contributed by atoms with E-state index in [0.29, 0.717) is 18.2 Å². The number of aromatic nitrogens is 1. The Morgan fingerprint density at radius 3 is 2.79 bits per heavy atom. The first-order chi connectivity index (χ1) is 11.4. The van der Waals surface area contributed by atoms with Crippen molar-refractivity contribution >= 4 is 27.3 Å². The summed E-state index contributed by atoms with van der Waals surface area (Å²) in [6, 6.07) is -0.298. The first-order valence-corrected chi connectivity index (χ1v) is 10.6. The standard InChI is InChI=1S/C15H23N3O4S2/c1-18(2)24(20,21)9-10-7-22-8-12(10)16-14(19)15-17-11-5-3-4-6-13(11)23-15/h10,12H,3-9H2,1-2H3,(H,16,19). The zero-order valence-corrected chi connectivity index (χ0v) is 15.6. The van der Waals surface area contributed by atoms with E-state index in [1.807, 2.05) is 0 Å². The average molecular weight is 374 g/mol. The topological polar surface area (TPSA) is 88.6 Å². The lowest BCUT2D eigenvalue weighted by molar-refractivity contribution is 0.0925. The molecule has 1 N–H and O–H groups in total. The number of carbonyl (C=O) groups excluding carboxylic acids is 1. The van der Waals surface area contributed by atoms with Crippen LogP contribution >= 0.6 is 11.3 Å². The molecule has 1 saturated heterocycles. The zero-order valence-electron chi connectivity index (χ0n) is 13.9.